The van der Waals surface area contributed by atoms with Crippen LogP contribution in [0.2, 0.25) is 0 Å². The lowest BCUT2D eigenvalue weighted by molar-refractivity contribution is -0.114. The van der Waals surface area contributed by atoms with Gasteiger partial charge in [-0.15, -0.1) is 11.3 Å². The normalized spacial score (nSPS) is 12.5. The van der Waals surface area contributed by atoms with E-state index in [4.69, 9.17) is 4.74 Å². The average molecular weight is 326 g/mol. The van der Waals surface area contributed by atoms with E-state index in [9.17, 15) is 10.1 Å². The molecule has 0 amide bonds. The van der Waals surface area contributed by atoms with E-state index in [0.29, 0.717) is 11.4 Å². The maximum atomic E-state index is 12.4. The lowest BCUT2D eigenvalue weighted by Gasteiger charge is -2.08. The van der Waals surface area contributed by atoms with Gasteiger partial charge in [0.05, 0.1) is 13.2 Å². The van der Waals surface area contributed by atoms with Crippen molar-refractivity contribution >= 4 is 17.1 Å². The fraction of sp³-hybridized carbons (Fsp3) is 0.278. The van der Waals surface area contributed by atoms with Gasteiger partial charge in [-0.25, -0.2) is 4.98 Å². The minimum absolute atomic E-state index is 0.228. The third kappa shape index (κ3) is 4.27. The van der Waals surface area contributed by atoms with Crippen LogP contribution < -0.4 is 4.74 Å². The van der Waals surface area contributed by atoms with E-state index in [2.05, 4.69) is 11.1 Å². The summed E-state index contributed by atoms with van der Waals surface area (Å²) in [4.78, 5) is 16.6. The van der Waals surface area contributed by atoms with E-state index >= 15 is 0 Å². The minimum Gasteiger partial charge on any atom is -0.496 e. The molecular formula is C18H18N2O2S. The van der Waals surface area contributed by atoms with Gasteiger partial charge in [-0.05, 0) is 38.0 Å². The van der Waals surface area contributed by atoms with Crippen LogP contribution in [0.15, 0.2) is 41.3 Å². The van der Waals surface area contributed by atoms with E-state index < -0.39 is 5.92 Å². The quantitative estimate of drug-likeness (QED) is 0.757. The summed E-state index contributed by atoms with van der Waals surface area (Å²) in [6.07, 6.45) is 2.14. The lowest BCUT2D eigenvalue weighted by Crippen LogP contribution is -2.09. The molecule has 1 aromatic carbocycles. The molecule has 5 heteroatoms. The largest absolute Gasteiger partial charge is 0.496 e. The Morgan fingerprint density at radius 1 is 1.48 bits per heavy atom. The molecular weight excluding hydrogens is 308 g/mol. The summed E-state index contributed by atoms with van der Waals surface area (Å²) in [5, 5.41) is 11.7. The number of rotatable bonds is 6. The number of hydrogen-bond acceptors (Lipinski definition) is 5. The van der Waals surface area contributed by atoms with Gasteiger partial charge in [0.1, 0.15) is 10.8 Å². The second-order valence-electron chi connectivity index (χ2n) is 5.27. The number of aryl methyl sites for hydroxylation is 1. The van der Waals surface area contributed by atoms with Gasteiger partial charge < -0.3 is 4.74 Å². The second-order valence-corrected chi connectivity index (χ2v) is 6.16. The first-order valence-corrected chi connectivity index (χ1v) is 8.07. The van der Waals surface area contributed by atoms with Gasteiger partial charge in [0.2, 0.25) is 0 Å². The molecule has 0 unspecified atom stereocenters. The molecule has 0 radical (unpaired) electrons. The monoisotopic (exact) mass is 326 g/mol. The number of ether oxygens (including phenoxy) is 1. The summed E-state index contributed by atoms with van der Waals surface area (Å²) in [7, 11) is 1.62. The standard InChI is InChI=1S/C18H18N2O2S/c1-12(8-14-6-4-5-7-17(14)22-3)9-16(21)15(10-19)18-20-13(2)11-23-18/h4-7,9,11,15H,8H2,1-3H3/b12-9+/t15-/m0/s1. The maximum Gasteiger partial charge on any atom is 0.179 e. The van der Waals surface area contributed by atoms with Crippen LogP contribution in [-0.2, 0) is 11.2 Å². The Labute approximate surface area is 140 Å². The smallest absolute Gasteiger partial charge is 0.179 e. The van der Waals surface area contributed by atoms with E-state index in [1.165, 1.54) is 17.4 Å². The molecule has 0 bridgehead atoms. The molecule has 0 N–H and O–H groups in total. The number of thiazole rings is 1. The van der Waals surface area contributed by atoms with Gasteiger partial charge in [-0.1, -0.05) is 23.8 Å². The maximum absolute atomic E-state index is 12.4. The highest BCUT2D eigenvalue weighted by Crippen LogP contribution is 2.23. The van der Waals surface area contributed by atoms with Crippen molar-refractivity contribution in [2.45, 2.75) is 26.2 Å². The zero-order valence-corrected chi connectivity index (χ0v) is 14.2. The summed E-state index contributed by atoms with van der Waals surface area (Å²) in [6.45, 7) is 3.73. The predicted molar refractivity (Wildman–Crippen MR) is 90.7 cm³/mol. The number of hydrogen-bond donors (Lipinski definition) is 0. The van der Waals surface area contributed by atoms with Crippen molar-refractivity contribution in [3.63, 3.8) is 0 Å². The Hall–Kier alpha value is -2.45. The summed E-state index contributed by atoms with van der Waals surface area (Å²) < 4.78 is 5.32. The number of carbonyl (C=O) groups excluding carboxylic acids is 1. The van der Waals surface area contributed by atoms with Crippen LogP contribution in [0.4, 0.5) is 0 Å². The zero-order chi connectivity index (χ0) is 16.8. The van der Waals surface area contributed by atoms with Gasteiger partial charge in [0.25, 0.3) is 0 Å². The number of methoxy groups -OCH3 is 1. The molecule has 2 aromatic rings. The van der Waals surface area contributed by atoms with Gasteiger partial charge in [-0.2, -0.15) is 5.26 Å². The minimum atomic E-state index is -0.832. The highest BCUT2D eigenvalue weighted by atomic mass is 32.1. The fourth-order valence-corrected chi connectivity index (χ4v) is 3.12. The fourth-order valence-electron chi connectivity index (χ4n) is 2.27. The third-order valence-corrected chi connectivity index (χ3v) is 4.38. The van der Waals surface area contributed by atoms with Crippen LogP contribution in [0, 0.1) is 18.3 Å². The topological polar surface area (TPSA) is 63.0 Å². The van der Waals surface area contributed by atoms with Crippen molar-refractivity contribution in [2.24, 2.45) is 0 Å². The Bertz CT molecular complexity index is 771. The molecule has 1 heterocycles. The first-order chi connectivity index (χ1) is 11.0. The number of nitriles is 1. The number of ketones is 1. The highest BCUT2D eigenvalue weighted by Gasteiger charge is 2.21. The lowest BCUT2D eigenvalue weighted by atomic mass is 10.0. The number of para-hydroxylation sites is 1. The zero-order valence-electron chi connectivity index (χ0n) is 13.4. The highest BCUT2D eigenvalue weighted by molar-refractivity contribution is 7.10. The molecule has 0 fully saturated rings. The van der Waals surface area contributed by atoms with Crippen LogP contribution in [-0.4, -0.2) is 17.9 Å². The molecule has 118 valence electrons. The molecule has 0 aliphatic heterocycles. The van der Waals surface area contributed by atoms with Gasteiger partial charge in [-0.3, -0.25) is 4.79 Å². The van der Waals surface area contributed by atoms with Gasteiger partial charge in [0.15, 0.2) is 11.7 Å². The second kappa shape index (κ2) is 7.70. The molecule has 0 saturated carbocycles. The Balaban J connectivity index is 2.16. The summed E-state index contributed by atoms with van der Waals surface area (Å²) in [5.41, 5.74) is 2.72. The molecule has 1 atom stereocenters. The molecule has 23 heavy (non-hydrogen) atoms. The van der Waals surface area contributed by atoms with E-state index in [0.717, 1.165) is 22.6 Å². The van der Waals surface area contributed by atoms with Crippen LogP contribution in [0.1, 0.15) is 29.1 Å². The van der Waals surface area contributed by atoms with Gasteiger partial charge >= 0.3 is 0 Å². The summed E-state index contributed by atoms with van der Waals surface area (Å²) in [6, 6.07) is 9.75. The molecule has 4 nitrogen and oxygen atoms in total. The summed E-state index contributed by atoms with van der Waals surface area (Å²) >= 11 is 1.34. The molecule has 0 saturated heterocycles. The van der Waals surface area contributed by atoms with Crippen LogP contribution >= 0.6 is 11.3 Å². The number of carbonyl (C=O) groups is 1. The first-order valence-electron chi connectivity index (χ1n) is 7.19. The number of nitrogens with zero attached hydrogens (tertiary/aromatic N) is 2. The van der Waals surface area contributed by atoms with Crippen molar-refractivity contribution in [1.29, 1.82) is 5.26 Å². The molecule has 0 spiro atoms. The van der Waals surface area contributed by atoms with E-state index in [1.807, 2.05) is 43.5 Å². The first kappa shape index (κ1) is 16.9. The Kier molecular flexibility index (Phi) is 5.67. The average Bonchev–Trinajstić information content (AvgIpc) is 2.94. The van der Waals surface area contributed by atoms with E-state index in [-0.39, 0.29) is 5.78 Å². The molecule has 1 aromatic heterocycles. The molecule has 2 rings (SSSR count). The van der Waals surface area contributed by atoms with Gasteiger partial charge in [0, 0.05) is 11.1 Å². The SMILES string of the molecule is COc1ccccc1C/C(C)=C/C(=O)[C@H](C#N)c1nc(C)cs1. The molecule has 0 aliphatic carbocycles. The predicted octanol–water partition coefficient (Wildman–Crippen LogP) is 3.83. The number of aromatic nitrogens is 1. The molecule has 0 aliphatic rings. The summed E-state index contributed by atoms with van der Waals surface area (Å²) in [5.74, 6) is -0.268. The van der Waals surface area contributed by atoms with E-state index in [1.54, 1.807) is 7.11 Å². The Morgan fingerprint density at radius 3 is 2.83 bits per heavy atom. The van der Waals surface area contributed by atoms with Crippen molar-refractivity contribution in [2.75, 3.05) is 7.11 Å². The third-order valence-electron chi connectivity index (χ3n) is 3.35. The number of allylic oxidation sites excluding steroid dienone is 2. The van der Waals surface area contributed by atoms with Crippen molar-refractivity contribution in [1.82, 2.24) is 4.98 Å². The van der Waals surface area contributed by atoms with Crippen molar-refractivity contribution in [3.05, 3.63) is 57.6 Å². The van der Waals surface area contributed by atoms with Crippen molar-refractivity contribution in [3.8, 4) is 11.8 Å². The number of benzene rings is 1. The van der Waals surface area contributed by atoms with Crippen LogP contribution in [0.5, 0.6) is 5.75 Å². The van der Waals surface area contributed by atoms with Crippen molar-refractivity contribution < 1.29 is 9.53 Å². The van der Waals surface area contributed by atoms with Crippen LogP contribution in [0.3, 0.4) is 0 Å². The Morgan fingerprint density at radius 2 is 2.22 bits per heavy atom. The van der Waals surface area contributed by atoms with Crippen LogP contribution in [0.25, 0.3) is 0 Å².